The number of hydrogen-bond donors (Lipinski definition) is 1. The van der Waals surface area contributed by atoms with Gasteiger partial charge in [0.1, 0.15) is 15.6 Å². The van der Waals surface area contributed by atoms with Gasteiger partial charge < -0.3 is 4.74 Å². The largest absolute Gasteiger partial charge is 0.494 e. The van der Waals surface area contributed by atoms with E-state index < -0.39 is 0 Å². The van der Waals surface area contributed by atoms with Gasteiger partial charge in [-0.3, -0.25) is 4.79 Å². The second-order valence-electron chi connectivity index (χ2n) is 5.50. The average molecular weight is 365 g/mol. The van der Waals surface area contributed by atoms with Crippen LogP contribution in [0, 0.1) is 6.92 Å². The van der Waals surface area contributed by atoms with E-state index >= 15 is 0 Å². The summed E-state index contributed by atoms with van der Waals surface area (Å²) >= 11 is 1.36. The van der Waals surface area contributed by atoms with E-state index in [1.807, 2.05) is 68.4 Å². The second kappa shape index (κ2) is 8.40. The number of nitrogens with one attached hydrogen (secondary N) is 1. The van der Waals surface area contributed by atoms with Crippen LogP contribution in [0.2, 0.25) is 0 Å². The van der Waals surface area contributed by atoms with Gasteiger partial charge in [0.2, 0.25) is 0 Å². The molecule has 1 heterocycles. The van der Waals surface area contributed by atoms with Gasteiger partial charge in [0, 0.05) is 5.56 Å². The second-order valence-corrected chi connectivity index (χ2v) is 6.50. The molecule has 0 fully saturated rings. The zero-order valence-electron chi connectivity index (χ0n) is 14.6. The number of nitrogens with zero attached hydrogens (tertiary/aromatic N) is 2. The van der Waals surface area contributed by atoms with Gasteiger partial charge in [-0.2, -0.15) is 5.10 Å². The van der Waals surface area contributed by atoms with E-state index in [0.717, 1.165) is 21.9 Å². The van der Waals surface area contributed by atoms with Gasteiger partial charge in [-0.25, -0.2) is 10.4 Å². The summed E-state index contributed by atoms with van der Waals surface area (Å²) in [6.07, 6.45) is 1.60. The monoisotopic (exact) mass is 365 g/mol. The normalized spacial score (nSPS) is 10.8. The fraction of sp³-hybridized carbons (Fsp3) is 0.150. The third-order valence-electron chi connectivity index (χ3n) is 3.59. The molecule has 0 bridgehead atoms. The molecule has 1 aromatic heterocycles. The number of amides is 1. The molecular formula is C20H19N3O2S. The topological polar surface area (TPSA) is 63.6 Å². The number of benzene rings is 2. The van der Waals surface area contributed by atoms with Crippen LogP contribution in [0.3, 0.4) is 0 Å². The van der Waals surface area contributed by atoms with E-state index in [9.17, 15) is 4.79 Å². The Balaban J connectivity index is 1.66. The molecule has 0 aliphatic heterocycles. The summed E-state index contributed by atoms with van der Waals surface area (Å²) in [6.45, 7) is 4.40. The molecule has 26 heavy (non-hydrogen) atoms. The number of thiazole rings is 1. The van der Waals surface area contributed by atoms with Crippen molar-refractivity contribution < 1.29 is 9.53 Å². The van der Waals surface area contributed by atoms with E-state index in [0.29, 0.717) is 17.2 Å². The Bertz CT molecular complexity index is 903. The predicted octanol–water partition coefficient (Wildman–Crippen LogP) is 4.28. The zero-order chi connectivity index (χ0) is 18.4. The van der Waals surface area contributed by atoms with Crippen LogP contribution < -0.4 is 10.2 Å². The van der Waals surface area contributed by atoms with Crippen LogP contribution in [-0.4, -0.2) is 23.7 Å². The van der Waals surface area contributed by atoms with Crippen molar-refractivity contribution in [3.05, 3.63) is 70.7 Å². The van der Waals surface area contributed by atoms with Crippen molar-refractivity contribution in [3.8, 4) is 16.3 Å². The molecule has 0 radical (unpaired) electrons. The SMILES string of the molecule is CCOc1ccc(/C=N/NC(=O)c2sc(-c3ccccc3)nc2C)cc1. The van der Waals surface area contributed by atoms with E-state index in [2.05, 4.69) is 15.5 Å². The van der Waals surface area contributed by atoms with E-state index in [-0.39, 0.29) is 5.91 Å². The van der Waals surface area contributed by atoms with Crippen LogP contribution in [0.4, 0.5) is 0 Å². The van der Waals surface area contributed by atoms with Crippen LogP contribution in [0.1, 0.15) is 27.9 Å². The van der Waals surface area contributed by atoms with Crippen LogP contribution in [0.25, 0.3) is 10.6 Å². The third kappa shape index (κ3) is 4.34. The highest BCUT2D eigenvalue weighted by Crippen LogP contribution is 2.27. The third-order valence-corrected chi connectivity index (χ3v) is 4.80. The fourth-order valence-corrected chi connectivity index (χ4v) is 3.31. The Morgan fingerprint density at radius 3 is 2.62 bits per heavy atom. The summed E-state index contributed by atoms with van der Waals surface area (Å²) in [5.41, 5.74) is 5.13. The van der Waals surface area contributed by atoms with Crippen LogP contribution in [-0.2, 0) is 0 Å². The first-order valence-corrected chi connectivity index (χ1v) is 9.08. The molecule has 132 valence electrons. The summed E-state index contributed by atoms with van der Waals surface area (Å²) in [5, 5.41) is 4.85. The van der Waals surface area contributed by atoms with Crippen LogP contribution in [0.15, 0.2) is 59.7 Å². The molecule has 2 aromatic carbocycles. The molecular weight excluding hydrogens is 346 g/mol. The Morgan fingerprint density at radius 1 is 1.19 bits per heavy atom. The summed E-state index contributed by atoms with van der Waals surface area (Å²) < 4.78 is 5.39. The van der Waals surface area contributed by atoms with E-state index in [4.69, 9.17) is 4.74 Å². The smallest absolute Gasteiger partial charge is 0.283 e. The molecule has 0 aliphatic rings. The quantitative estimate of drug-likeness (QED) is 0.524. The number of hydrazone groups is 1. The lowest BCUT2D eigenvalue weighted by Gasteiger charge is -2.02. The molecule has 0 saturated carbocycles. The molecule has 0 spiro atoms. The number of ether oxygens (including phenoxy) is 1. The van der Waals surface area contributed by atoms with Crippen molar-refractivity contribution in [1.29, 1.82) is 0 Å². The molecule has 0 aliphatic carbocycles. The van der Waals surface area contributed by atoms with Crippen molar-refractivity contribution in [1.82, 2.24) is 10.4 Å². The van der Waals surface area contributed by atoms with Gasteiger partial charge in [0.05, 0.1) is 18.5 Å². The van der Waals surface area contributed by atoms with Crippen molar-refractivity contribution in [2.75, 3.05) is 6.61 Å². The van der Waals surface area contributed by atoms with Crippen molar-refractivity contribution in [2.45, 2.75) is 13.8 Å². The lowest BCUT2D eigenvalue weighted by molar-refractivity contribution is 0.0958. The van der Waals surface area contributed by atoms with Gasteiger partial charge in [0.25, 0.3) is 5.91 Å². The molecule has 0 saturated heterocycles. The summed E-state index contributed by atoms with van der Waals surface area (Å²) in [7, 11) is 0. The first-order valence-electron chi connectivity index (χ1n) is 8.26. The van der Waals surface area contributed by atoms with Gasteiger partial charge in [-0.15, -0.1) is 11.3 Å². The van der Waals surface area contributed by atoms with Crippen molar-refractivity contribution in [2.24, 2.45) is 5.10 Å². The molecule has 0 unspecified atom stereocenters. The lowest BCUT2D eigenvalue weighted by atomic mass is 10.2. The maximum absolute atomic E-state index is 12.4. The highest BCUT2D eigenvalue weighted by Gasteiger charge is 2.15. The number of hydrogen-bond acceptors (Lipinski definition) is 5. The van der Waals surface area contributed by atoms with E-state index in [1.54, 1.807) is 6.21 Å². The molecule has 1 N–H and O–H groups in total. The first kappa shape index (κ1) is 17.8. The van der Waals surface area contributed by atoms with Gasteiger partial charge in [-0.05, 0) is 43.7 Å². The van der Waals surface area contributed by atoms with Gasteiger partial charge in [-0.1, -0.05) is 30.3 Å². The lowest BCUT2D eigenvalue weighted by Crippen LogP contribution is -2.17. The van der Waals surface area contributed by atoms with Crippen LogP contribution in [0.5, 0.6) is 5.75 Å². The minimum atomic E-state index is -0.260. The Hall–Kier alpha value is -2.99. The Morgan fingerprint density at radius 2 is 1.92 bits per heavy atom. The fourth-order valence-electron chi connectivity index (χ4n) is 2.34. The maximum Gasteiger partial charge on any atom is 0.283 e. The Labute approximate surface area is 156 Å². The number of aromatic nitrogens is 1. The molecule has 3 aromatic rings. The molecule has 0 atom stereocenters. The zero-order valence-corrected chi connectivity index (χ0v) is 15.4. The number of carbonyl (C=O) groups is 1. The highest BCUT2D eigenvalue weighted by molar-refractivity contribution is 7.17. The summed E-state index contributed by atoms with van der Waals surface area (Å²) in [6, 6.07) is 17.3. The minimum absolute atomic E-state index is 0.260. The first-order chi connectivity index (χ1) is 12.7. The predicted molar refractivity (Wildman–Crippen MR) is 105 cm³/mol. The number of aryl methyl sites for hydroxylation is 1. The maximum atomic E-state index is 12.4. The van der Waals surface area contributed by atoms with Crippen molar-refractivity contribution in [3.63, 3.8) is 0 Å². The minimum Gasteiger partial charge on any atom is -0.494 e. The van der Waals surface area contributed by atoms with E-state index in [1.165, 1.54) is 11.3 Å². The average Bonchev–Trinajstić information content (AvgIpc) is 3.06. The van der Waals surface area contributed by atoms with Crippen molar-refractivity contribution >= 4 is 23.5 Å². The number of carbonyl (C=O) groups excluding carboxylic acids is 1. The summed E-state index contributed by atoms with van der Waals surface area (Å²) in [4.78, 5) is 17.4. The highest BCUT2D eigenvalue weighted by atomic mass is 32.1. The summed E-state index contributed by atoms with van der Waals surface area (Å²) in [5.74, 6) is 0.548. The molecule has 5 nitrogen and oxygen atoms in total. The standard InChI is InChI=1S/C20H19N3O2S/c1-3-25-17-11-9-15(10-12-17)13-21-23-19(24)18-14(2)22-20(26-18)16-7-5-4-6-8-16/h4-13H,3H2,1-2H3,(H,23,24)/b21-13+. The molecule has 6 heteroatoms. The van der Waals surface area contributed by atoms with Gasteiger partial charge >= 0.3 is 0 Å². The van der Waals surface area contributed by atoms with Crippen LogP contribution >= 0.6 is 11.3 Å². The molecule has 1 amide bonds. The number of rotatable bonds is 6. The Kier molecular flexibility index (Phi) is 5.76. The van der Waals surface area contributed by atoms with Gasteiger partial charge in [0.15, 0.2) is 0 Å². The molecule has 3 rings (SSSR count).